The Hall–Kier alpha value is -1.23. The van der Waals surface area contributed by atoms with Crippen LogP contribution in [0.2, 0.25) is 0 Å². The SMILES string of the molecule is O=C(Cl)Cc1ccc(N2CCCCC2)c(C(F)(F)F)c1. The van der Waals surface area contributed by atoms with Crippen LogP contribution >= 0.6 is 11.6 Å². The molecule has 1 heterocycles. The number of halogens is 4. The zero-order valence-electron chi connectivity index (χ0n) is 10.8. The molecule has 0 N–H and O–H groups in total. The minimum absolute atomic E-state index is 0.190. The van der Waals surface area contributed by atoms with E-state index < -0.39 is 17.0 Å². The van der Waals surface area contributed by atoms with E-state index >= 15 is 0 Å². The zero-order chi connectivity index (χ0) is 14.8. The van der Waals surface area contributed by atoms with Gasteiger partial charge >= 0.3 is 6.18 Å². The molecule has 0 atom stereocenters. The highest BCUT2D eigenvalue weighted by molar-refractivity contribution is 6.63. The maximum atomic E-state index is 13.2. The fraction of sp³-hybridized carbons (Fsp3) is 0.500. The van der Waals surface area contributed by atoms with Gasteiger partial charge < -0.3 is 4.90 Å². The molecule has 0 aliphatic carbocycles. The quantitative estimate of drug-likeness (QED) is 0.787. The molecule has 0 radical (unpaired) electrons. The molecular formula is C14H15ClF3NO. The number of carbonyl (C=O) groups excluding carboxylic acids is 1. The van der Waals surface area contributed by atoms with Crippen LogP contribution in [0.5, 0.6) is 0 Å². The number of hydrogen-bond donors (Lipinski definition) is 0. The summed E-state index contributed by atoms with van der Waals surface area (Å²) in [7, 11) is 0. The van der Waals surface area contributed by atoms with Crippen LogP contribution in [0.1, 0.15) is 30.4 Å². The largest absolute Gasteiger partial charge is 0.418 e. The van der Waals surface area contributed by atoms with Gasteiger partial charge in [0.15, 0.2) is 0 Å². The van der Waals surface area contributed by atoms with Gasteiger partial charge in [-0.15, -0.1) is 0 Å². The summed E-state index contributed by atoms with van der Waals surface area (Å²) in [6, 6.07) is 4.02. The monoisotopic (exact) mass is 305 g/mol. The van der Waals surface area contributed by atoms with Gasteiger partial charge in [-0.25, -0.2) is 0 Å². The maximum Gasteiger partial charge on any atom is 0.418 e. The molecular weight excluding hydrogens is 291 g/mol. The number of hydrogen-bond acceptors (Lipinski definition) is 2. The minimum Gasteiger partial charge on any atom is -0.371 e. The average molecular weight is 306 g/mol. The summed E-state index contributed by atoms with van der Waals surface area (Å²) < 4.78 is 39.5. The summed E-state index contributed by atoms with van der Waals surface area (Å²) >= 11 is 5.24. The number of alkyl halides is 3. The molecule has 0 amide bonds. The Morgan fingerprint density at radius 3 is 2.40 bits per heavy atom. The third-order valence-corrected chi connectivity index (χ3v) is 3.54. The fourth-order valence-electron chi connectivity index (χ4n) is 2.49. The molecule has 1 aliphatic heterocycles. The van der Waals surface area contributed by atoms with E-state index in [1.807, 2.05) is 0 Å². The molecule has 0 spiro atoms. The Morgan fingerprint density at radius 1 is 1.20 bits per heavy atom. The fourth-order valence-corrected chi connectivity index (χ4v) is 2.65. The van der Waals surface area contributed by atoms with Crippen LogP contribution in [0.15, 0.2) is 18.2 Å². The van der Waals surface area contributed by atoms with Crippen LogP contribution in [0.25, 0.3) is 0 Å². The predicted molar refractivity (Wildman–Crippen MR) is 72.1 cm³/mol. The van der Waals surface area contributed by atoms with Gasteiger partial charge in [0.1, 0.15) is 0 Å². The number of carbonyl (C=O) groups is 1. The van der Waals surface area contributed by atoms with Crippen molar-refractivity contribution in [3.05, 3.63) is 29.3 Å². The Balaban J connectivity index is 2.37. The van der Waals surface area contributed by atoms with E-state index in [-0.39, 0.29) is 17.7 Å². The van der Waals surface area contributed by atoms with Crippen molar-refractivity contribution >= 4 is 22.5 Å². The van der Waals surface area contributed by atoms with Crippen molar-refractivity contribution in [2.45, 2.75) is 31.9 Å². The highest BCUT2D eigenvalue weighted by atomic mass is 35.5. The first-order chi connectivity index (χ1) is 9.38. The lowest BCUT2D eigenvalue weighted by Gasteiger charge is -2.31. The van der Waals surface area contributed by atoms with Crippen LogP contribution in [-0.4, -0.2) is 18.3 Å². The Kier molecular flexibility index (Phi) is 4.58. The van der Waals surface area contributed by atoms with Crippen molar-refractivity contribution in [1.29, 1.82) is 0 Å². The van der Waals surface area contributed by atoms with Gasteiger partial charge in [-0.3, -0.25) is 4.79 Å². The molecule has 1 saturated heterocycles. The highest BCUT2D eigenvalue weighted by Gasteiger charge is 2.35. The second kappa shape index (κ2) is 6.04. The summed E-state index contributed by atoms with van der Waals surface area (Å²) in [5.41, 5.74) is -0.198. The number of piperidine rings is 1. The minimum atomic E-state index is -4.43. The van der Waals surface area contributed by atoms with Crippen molar-refractivity contribution in [3.8, 4) is 0 Å². The maximum absolute atomic E-state index is 13.2. The van der Waals surface area contributed by atoms with Gasteiger partial charge in [0.05, 0.1) is 5.56 Å². The van der Waals surface area contributed by atoms with Crippen LogP contribution < -0.4 is 4.90 Å². The Morgan fingerprint density at radius 2 is 1.85 bits per heavy atom. The molecule has 1 aliphatic rings. The first-order valence-corrected chi connectivity index (χ1v) is 6.89. The molecule has 0 saturated carbocycles. The Labute approximate surface area is 120 Å². The number of rotatable bonds is 3. The lowest BCUT2D eigenvalue weighted by atomic mass is 10.0. The zero-order valence-corrected chi connectivity index (χ0v) is 11.6. The van der Waals surface area contributed by atoms with E-state index in [4.69, 9.17) is 11.6 Å². The van der Waals surface area contributed by atoms with E-state index in [1.54, 1.807) is 11.0 Å². The summed E-state index contributed by atoms with van der Waals surface area (Å²) in [4.78, 5) is 12.6. The van der Waals surface area contributed by atoms with E-state index in [1.165, 1.54) is 6.07 Å². The summed E-state index contributed by atoms with van der Waals surface area (Å²) in [5, 5.41) is -0.663. The average Bonchev–Trinajstić information content (AvgIpc) is 2.38. The molecule has 20 heavy (non-hydrogen) atoms. The molecule has 1 aromatic carbocycles. The summed E-state index contributed by atoms with van der Waals surface area (Å²) in [6.45, 7) is 1.27. The van der Waals surface area contributed by atoms with Gasteiger partial charge in [0.25, 0.3) is 0 Å². The molecule has 110 valence electrons. The lowest BCUT2D eigenvalue weighted by molar-refractivity contribution is -0.137. The van der Waals surface area contributed by atoms with Crippen molar-refractivity contribution in [3.63, 3.8) is 0 Å². The molecule has 6 heteroatoms. The van der Waals surface area contributed by atoms with E-state index in [2.05, 4.69) is 0 Å². The van der Waals surface area contributed by atoms with E-state index in [0.29, 0.717) is 13.1 Å². The first-order valence-electron chi connectivity index (χ1n) is 6.51. The second-order valence-electron chi connectivity index (χ2n) is 4.93. The predicted octanol–water partition coefficient (Wildman–Crippen LogP) is 4.00. The van der Waals surface area contributed by atoms with Crippen LogP contribution in [-0.2, 0) is 17.4 Å². The normalized spacial score (nSPS) is 16.3. The van der Waals surface area contributed by atoms with E-state index in [0.717, 1.165) is 25.3 Å². The lowest BCUT2D eigenvalue weighted by Crippen LogP contribution is -2.31. The third-order valence-electron chi connectivity index (χ3n) is 3.41. The van der Waals surface area contributed by atoms with Gasteiger partial charge in [-0.1, -0.05) is 6.07 Å². The van der Waals surface area contributed by atoms with Crippen LogP contribution in [0, 0.1) is 0 Å². The standard InChI is InChI=1S/C14H15ClF3NO/c15-13(20)9-10-4-5-12(11(8-10)14(16,17)18)19-6-2-1-3-7-19/h4-5,8H,1-3,6-7,9H2. The summed E-state index contributed by atoms with van der Waals surface area (Å²) in [6.07, 6.45) is -1.77. The molecule has 1 aromatic rings. The topological polar surface area (TPSA) is 20.3 Å². The van der Waals surface area contributed by atoms with Crippen molar-refractivity contribution in [1.82, 2.24) is 0 Å². The number of anilines is 1. The number of benzene rings is 1. The van der Waals surface area contributed by atoms with Crippen LogP contribution in [0.3, 0.4) is 0 Å². The van der Waals surface area contributed by atoms with Crippen molar-refractivity contribution in [2.75, 3.05) is 18.0 Å². The molecule has 0 aromatic heterocycles. The molecule has 2 nitrogen and oxygen atoms in total. The van der Waals surface area contributed by atoms with E-state index in [9.17, 15) is 18.0 Å². The van der Waals surface area contributed by atoms with Crippen LogP contribution in [0.4, 0.5) is 18.9 Å². The van der Waals surface area contributed by atoms with Gasteiger partial charge in [0.2, 0.25) is 5.24 Å². The van der Waals surface area contributed by atoms with Crippen molar-refractivity contribution in [2.24, 2.45) is 0 Å². The number of nitrogens with zero attached hydrogens (tertiary/aromatic N) is 1. The smallest absolute Gasteiger partial charge is 0.371 e. The van der Waals surface area contributed by atoms with Gasteiger partial charge in [-0.05, 0) is 48.6 Å². The van der Waals surface area contributed by atoms with Crippen molar-refractivity contribution < 1.29 is 18.0 Å². The molecule has 1 fully saturated rings. The highest BCUT2D eigenvalue weighted by Crippen LogP contribution is 2.38. The molecule has 0 bridgehead atoms. The van der Waals surface area contributed by atoms with Gasteiger partial charge in [0, 0.05) is 25.2 Å². The molecule has 2 rings (SSSR count). The van der Waals surface area contributed by atoms with Gasteiger partial charge in [-0.2, -0.15) is 13.2 Å². The third kappa shape index (κ3) is 3.66. The summed E-state index contributed by atoms with van der Waals surface area (Å²) in [5.74, 6) is 0. The second-order valence-corrected chi connectivity index (χ2v) is 5.35. The Bertz CT molecular complexity index is 496. The molecule has 0 unspecified atom stereocenters. The first kappa shape index (κ1) is 15.2.